The second-order valence-electron chi connectivity index (χ2n) is 6.39. The van der Waals surface area contributed by atoms with E-state index in [1.54, 1.807) is 0 Å². The summed E-state index contributed by atoms with van der Waals surface area (Å²) in [6, 6.07) is 23.3. The van der Waals surface area contributed by atoms with Gasteiger partial charge in [0.1, 0.15) is 23.9 Å². The maximum absolute atomic E-state index is 10.6. The quantitative estimate of drug-likeness (QED) is 0.584. The summed E-state index contributed by atoms with van der Waals surface area (Å²) in [4.78, 5) is 10.6. The second kappa shape index (κ2) is 8.90. The first-order valence-electron chi connectivity index (χ1n) is 8.85. The number of carboxylic acid groups (broad SMARTS) is 1. The summed E-state index contributed by atoms with van der Waals surface area (Å²) in [5, 5.41) is 8.73. The topological polar surface area (TPSA) is 55.8 Å². The smallest absolute Gasteiger partial charge is 0.303 e. The molecule has 0 amide bonds. The lowest BCUT2D eigenvalue weighted by Gasteiger charge is -2.10. The van der Waals surface area contributed by atoms with Crippen molar-refractivity contribution in [3.8, 4) is 17.2 Å². The molecule has 0 unspecified atom stereocenters. The largest absolute Gasteiger partial charge is 0.489 e. The molecule has 0 heterocycles. The number of aliphatic carboxylic acids is 1. The van der Waals surface area contributed by atoms with Crippen LogP contribution in [-0.2, 0) is 17.8 Å². The van der Waals surface area contributed by atoms with Crippen LogP contribution in [0.3, 0.4) is 0 Å². The van der Waals surface area contributed by atoms with Crippen molar-refractivity contribution >= 4 is 5.97 Å². The fourth-order valence-electron chi connectivity index (χ4n) is 2.61. The molecule has 3 aromatic carbocycles. The number of ether oxygens (including phenoxy) is 2. The van der Waals surface area contributed by atoms with Crippen molar-refractivity contribution in [1.29, 1.82) is 0 Å². The molecule has 0 radical (unpaired) electrons. The van der Waals surface area contributed by atoms with Gasteiger partial charge in [-0.05, 0) is 60.9 Å². The van der Waals surface area contributed by atoms with E-state index in [-0.39, 0.29) is 6.42 Å². The monoisotopic (exact) mass is 362 g/mol. The van der Waals surface area contributed by atoms with Gasteiger partial charge in [0.2, 0.25) is 0 Å². The van der Waals surface area contributed by atoms with Crippen molar-refractivity contribution in [2.24, 2.45) is 0 Å². The van der Waals surface area contributed by atoms with E-state index >= 15 is 0 Å². The highest BCUT2D eigenvalue weighted by Crippen LogP contribution is 2.23. The van der Waals surface area contributed by atoms with Gasteiger partial charge in [-0.1, -0.05) is 42.0 Å². The number of hydrogen-bond acceptors (Lipinski definition) is 3. The molecule has 0 atom stereocenters. The van der Waals surface area contributed by atoms with Crippen LogP contribution in [0, 0.1) is 6.92 Å². The number of hydrogen-bond donors (Lipinski definition) is 1. The average molecular weight is 362 g/mol. The standard InChI is InChI=1S/C23H22O4/c1-17-5-10-21(11-6-17)27-22-4-2-3-19(15-22)16-26-20-12-7-18(8-13-20)9-14-23(24)25/h2-8,10-13,15H,9,14,16H2,1H3,(H,24,25). The van der Waals surface area contributed by atoms with E-state index in [1.807, 2.05) is 79.7 Å². The third-order valence-electron chi connectivity index (χ3n) is 4.11. The van der Waals surface area contributed by atoms with Crippen LogP contribution in [0.15, 0.2) is 72.8 Å². The third-order valence-corrected chi connectivity index (χ3v) is 4.11. The minimum absolute atomic E-state index is 0.133. The number of aryl methyl sites for hydroxylation is 2. The van der Waals surface area contributed by atoms with Crippen LogP contribution in [0.5, 0.6) is 17.2 Å². The molecule has 27 heavy (non-hydrogen) atoms. The zero-order valence-electron chi connectivity index (χ0n) is 15.2. The average Bonchev–Trinajstić information content (AvgIpc) is 2.68. The first-order chi connectivity index (χ1) is 13.1. The summed E-state index contributed by atoms with van der Waals surface area (Å²) in [7, 11) is 0. The van der Waals surface area contributed by atoms with E-state index in [2.05, 4.69) is 0 Å². The minimum atomic E-state index is -0.789. The van der Waals surface area contributed by atoms with E-state index in [4.69, 9.17) is 14.6 Å². The predicted molar refractivity (Wildman–Crippen MR) is 104 cm³/mol. The highest BCUT2D eigenvalue weighted by Gasteiger charge is 2.02. The molecule has 0 saturated heterocycles. The molecule has 0 spiro atoms. The van der Waals surface area contributed by atoms with E-state index < -0.39 is 5.97 Å². The van der Waals surface area contributed by atoms with Crippen molar-refractivity contribution in [3.63, 3.8) is 0 Å². The fraction of sp³-hybridized carbons (Fsp3) is 0.174. The molecule has 0 aliphatic heterocycles. The SMILES string of the molecule is Cc1ccc(Oc2cccc(COc3ccc(CCC(=O)O)cc3)c2)cc1. The van der Waals surface area contributed by atoms with Crippen LogP contribution in [0.1, 0.15) is 23.1 Å². The van der Waals surface area contributed by atoms with Crippen molar-refractivity contribution in [2.45, 2.75) is 26.4 Å². The molecule has 1 N–H and O–H groups in total. The molecule has 0 saturated carbocycles. The Morgan fingerprint density at radius 1 is 0.852 bits per heavy atom. The Labute approximate surface area is 159 Å². The van der Waals surface area contributed by atoms with Gasteiger partial charge in [0.15, 0.2) is 0 Å². The highest BCUT2D eigenvalue weighted by molar-refractivity contribution is 5.67. The zero-order chi connectivity index (χ0) is 19.1. The molecule has 0 fully saturated rings. The normalized spacial score (nSPS) is 10.4. The van der Waals surface area contributed by atoms with Gasteiger partial charge in [0, 0.05) is 6.42 Å². The van der Waals surface area contributed by atoms with Crippen LogP contribution < -0.4 is 9.47 Å². The van der Waals surface area contributed by atoms with Crippen LogP contribution in [0.2, 0.25) is 0 Å². The Morgan fingerprint density at radius 2 is 1.56 bits per heavy atom. The minimum Gasteiger partial charge on any atom is -0.489 e. The van der Waals surface area contributed by atoms with Crippen molar-refractivity contribution in [1.82, 2.24) is 0 Å². The zero-order valence-corrected chi connectivity index (χ0v) is 15.2. The summed E-state index contributed by atoms with van der Waals surface area (Å²) in [5.74, 6) is 1.53. The first kappa shape index (κ1) is 18.5. The highest BCUT2D eigenvalue weighted by atomic mass is 16.5. The van der Waals surface area contributed by atoms with Gasteiger partial charge in [-0.15, -0.1) is 0 Å². The lowest BCUT2D eigenvalue weighted by molar-refractivity contribution is -0.136. The molecular formula is C23H22O4. The number of benzene rings is 3. The molecule has 3 aromatic rings. The lowest BCUT2D eigenvalue weighted by Crippen LogP contribution is -1.98. The molecular weight excluding hydrogens is 340 g/mol. The van der Waals surface area contributed by atoms with Gasteiger partial charge < -0.3 is 14.6 Å². The molecule has 0 aromatic heterocycles. The van der Waals surface area contributed by atoms with Crippen molar-refractivity contribution < 1.29 is 19.4 Å². The van der Waals surface area contributed by atoms with Crippen molar-refractivity contribution in [2.75, 3.05) is 0 Å². The van der Waals surface area contributed by atoms with E-state index in [9.17, 15) is 4.79 Å². The first-order valence-corrected chi connectivity index (χ1v) is 8.85. The number of carboxylic acids is 1. The fourth-order valence-corrected chi connectivity index (χ4v) is 2.61. The Hall–Kier alpha value is -3.27. The second-order valence-corrected chi connectivity index (χ2v) is 6.39. The Kier molecular flexibility index (Phi) is 6.10. The van der Waals surface area contributed by atoms with Gasteiger partial charge in [0.25, 0.3) is 0 Å². The molecule has 4 nitrogen and oxygen atoms in total. The summed E-state index contributed by atoms with van der Waals surface area (Å²) in [6.45, 7) is 2.47. The van der Waals surface area contributed by atoms with Crippen LogP contribution in [0.4, 0.5) is 0 Å². The maximum Gasteiger partial charge on any atom is 0.303 e. The maximum atomic E-state index is 10.6. The van der Waals surface area contributed by atoms with Crippen LogP contribution in [0.25, 0.3) is 0 Å². The summed E-state index contributed by atoms with van der Waals surface area (Å²) >= 11 is 0. The molecule has 4 heteroatoms. The summed E-state index contributed by atoms with van der Waals surface area (Å²) < 4.78 is 11.7. The number of rotatable bonds is 8. The van der Waals surface area contributed by atoms with Crippen molar-refractivity contribution in [3.05, 3.63) is 89.5 Å². The summed E-state index contributed by atoms with van der Waals surface area (Å²) in [6.07, 6.45) is 0.655. The van der Waals surface area contributed by atoms with Gasteiger partial charge in [-0.25, -0.2) is 0 Å². The van der Waals surface area contributed by atoms with Gasteiger partial charge >= 0.3 is 5.97 Å². The van der Waals surface area contributed by atoms with Gasteiger partial charge in [-0.3, -0.25) is 4.79 Å². The molecule has 0 bridgehead atoms. The lowest BCUT2D eigenvalue weighted by atomic mass is 10.1. The van der Waals surface area contributed by atoms with Gasteiger partial charge in [0.05, 0.1) is 0 Å². The Balaban J connectivity index is 1.56. The Morgan fingerprint density at radius 3 is 2.26 bits per heavy atom. The predicted octanol–water partition coefficient (Wildman–Crippen LogP) is 5.38. The summed E-state index contributed by atoms with van der Waals surface area (Å²) in [5.41, 5.74) is 3.19. The Bertz CT molecular complexity index is 883. The van der Waals surface area contributed by atoms with Gasteiger partial charge in [-0.2, -0.15) is 0 Å². The third kappa shape index (κ3) is 5.89. The van der Waals surface area contributed by atoms with E-state index in [0.717, 1.165) is 28.4 Å². The van der Waals surface area contributed by atoms with E-state index in [1.165, 1.54) is 5.56 Å². The molecule has 0 aliphatic rings. The molecule has 138 valence electrons. The van der Waals surface area contributed by atoms with E-state index in [0.29, 0.717) is 13.0 Å². The molecule has 3 rings (SSSR count). The molecule has 0 aliphatic carbocycles. The van der Waals surface area contributed by atoms with Crippen LogP contribution >= 0.6 is 0 Å². The van der Waals surface area contributed by atoms with Crippen LogP contribution in [-0.4, -0.2) is 11.1 Å². The number of carbonyl (C=O) groups is 1.